The Labute approximate surface area is 184 Å². The Kier molecular flexibility index (Phi) is 17.7. The molecule has 0 aromatic heterocycles. The van der Waals surface area contributed by atoms with Crippen LogP contribution in [0.3, 0.4) is 0 Å². The fraction of sp³-hybridized carbons (Fsp3) is 0.920. The van der Waals surface area contributed by atoms with Crippen LogP contribution in [0.1, 0.15) is 103 Å². The molecule has 0 amide bonds. The van der Waals surface area contributed by atoms with Crippen molar-refractivity contribution in [3.63, 3.8) is 0 Å². The van der Waals surface area contributed by atoms with Gasteiger partial charge in [0.2, 0.25) is 0 Å². The molecule has 0 radical (unpaired) electrons. The number of aliphatic hydroxyl groups excluding tert-OH is 3. The molecule has 5 nitrogen and oxygen atoms in total. The van der Waals surface area contributed by atoms with Crippen LogP contribution in [0.5, 0.6) is 0 Å². The lowest BCUT2D eigenvalue weighted by atomic mass is 10.1. The van der Waals surface area contributed by atoms with Gasteiger partial charge in [0.1, 0.15) is 24.4 Å². The van der Waals surface area contributed by atoms with Gasteiger partial charge in [-0.3, -0.25) is 0 Å². The second-order valence-electron chi connectivity index (χ2n) is 8.74. The summed E-state index contributed by atoms with van der Waals surface area (Å²) >= 11 is 0. The maximum absolute atomic E-state index is 10.1. The van der Waals surface area contributed by atoms with Crippen LogP contribution in [-0.4, -0.2) is 59.6 Å². The number of ether oxygens (including phenoxy) is 2. The Morgan fingerprint density at radius 3 is 1.97 bits per heavy atom. The Bertz CT molecular complexity index is 401. The molecular formula is C25H48O5. The lowest BCUT2D eigenvalue weighted by Crippen LogP contribution is -2.41. The number of aliphatic hydroxyl groups is 3. The van der Waals surface area contributed by atoms with Crippen molar-refractivity contribution in [1.29, 1.82) is 0 Å². The SMILES string of the molecule is CCCCCCCC/C=C/CCCCCCCCCO[C@H]1CO[C@H]([C@H](O)CO)[C@@H]1O. The molecule has 1 aliphatic rings. The van der Waals surface area contributed by atoms with Gasteiger partial charge in [-0.1, -0.05) is 83.3 Å². The minimum Gasteiger partial charge on any atom is -0.394 e. The third kappa shape index (κ3) is 13.1. The maximum Gasteiger partial charge on any atom is 0.114 e. The van der Waals surface area contributed by atoms with Crippen LogP contribution in [0, 0.1) is 0 Å². The molecule has 1 saturated heterocycles. The Hall–Kier alpha value is -0.460. The van der Waals surface area contributed by atoms with Gasteiger partial charge < -0.3 is 24.8 Å². The first-order valence-corrected chi connectivity index (χ1v) is 12.6. The number of hydrogen-bond donors (Lipinski definition) is 3. The zero-order chi connectivity index (χ0) is 21.9. The molecule has 0 bridgehead atoms. The van der Waals surface area contributed by atoms with Crippen LogP contribution >= 0.6 is 0 Å². The van der Waals surface area contributed by atoms with Gasteiger partial charge in [0, 0.05) is 6.61 Å². The van der Waals surface area contributed by atoms with E-state index in [2.05, 4.69) is 19.1 Å². The molecule has 0 unspecified atom stereocenters. The van der Waals surface area contributed by atoms with Crippen LogP contribution < -0.4 is 0 Å². The quantitative estimate of drug-likeness (QED) is 0.190. The summed E-state index contributed by atoms with van der Waals surface area (Å²) in [4.78, 5) is 0. The average Bonchev–Trinajstić information content (AvgIpc) is 3.12. The molecule has 178 valence electrons. The van der Waals surface area contributed by atoms with E-state index in [-0.39, 0.29) is 6.61 Å². The highest BCUT2D eigenvalue weighted by atomic mass is 16.6. The summed E-state index contributed by atoms with van der Waals surface area (Å²) in [6.45, 7) is 2.74. The van der Waals surface area contributed by atoms with Crippen molar-refractivity contribution in [2.45, 2.75) is 128 Å². The molecule has 0 aromatic carbocycles. The molecule has 3 N–H and O–H groups in total. The van der Waals surface area contributed by atoms with Crippen LogP contribution in [0.4, 0.5) is 0 Å². The van der Waals surface area contributed by atoms with Gasteiger partial charge in [0.15, 0.2) is 0 Å². The van der Waals surface area contributed by atoms with Gasteiger partial charge in [0.25, 0.3) is 0 Å². The summed E-state index contributed by atoms with van der Waals surface area (Å²) in [5.74, 6) is 0. The van der Waals surface area contributed by atoms with Crippen molar-refractivity contribution in [1.82, 2.24) is 0 Å². The van der Waals surface area contributed by atoms with E-state index in [1.54, 1.807) is 0 Å². The molecule has 0 spiro atoms. The van der Waals surface area contributed by atoms with Crippen molar-refractivity contribution in [3.8, 4) is 0 Å². The smallest absolute Gasteiger partial charge is 0.114 e. The van der Waals surface area contributed by atoms with Crippen LogP contribution in [-0.2, 0) is 9.47 Å². The first-order chi connectivity index (χ1) is 14.7. The van der Waals surface area contributed by atoms with E-state index in [0.29, 0.717) is 6.61 Å². The minimum atomic E-state index is -1.05. The van der Waals surface area contributed by atoms with E-state index in [0.717, 1.165) is 12.8 Å². The topological polar surface area (TPSA) is 79.2 Å². The van der Waals surface area contributed by atoms with Gasteiger partial charge in [-0.2, -0.15) is 0 Å². The van der Waals surface area contributed by atoms with Gasteiger partial charge in [-0.15, -0.1) is 0 Å². The van der Waals surface area contributed by atoms with E-state index in [1.807, 2.05) is 0 Å². The van der Waals surface area contributed by atoms with Crippen LogP contribution in [0.25, 0.3) is 0 Å². The van der Waals surface area contributed by atoms with Gasteiger partial charge in [-0.25, -0.2) is 0 Å². The molecule has 4 atom stereocenters. The lowest BCUT2D eigenvalue weighted by Gasteiger charge is -2.20. The van der Waals surface area contributed by atoms with Crippen LogP contribution in [0.2, 0.25) is 0 Å². The zero-order valence-corrected chi connectivity index (χ0v) is 19.4. The van der Waals surface area contributed by atoms with Crippen LogP contribution in [0.15, 0.2) is 12.2 Å². The third-order valence-electron chi connectivity index (χ3n) is 5.97. The summed E-state index contributed by atoms with van der Waals surface area (Å²) in [5.41, 5.74) is 0. The number of allylic oxidation sites excluding steroid dienone is 2. The zero-order valence-electron chi connectivity index (χ0n) is 19.4. The molecule has 1 aliphatic heterocycles. The molecule has 5 heteroatoms. The number of rotatable bonds is 20. The maximum atomic E-state index is 10.1. The van der Waals surface area contributed by atoms with Gasteiger partial charge in [0.05, 0.1) is 13.2 Å². The Balaban J connectivity index is 1.81. The largest absolute Gasteiger partial charge is 0.394 e. The average molecular weight is 429 g/mol. The van der Waals surface area contributed by atoms with Gasteiger partial charge >= 0.3 is 0 Å². The number of hydrogen-bond acceptors (Lipinski definition) is 5. The summed E-state index contributed by atoms with van der Waals surface area (Å²) in [6, 6.07) is 0. The standard InChI is InChI=1S/C25H48O5/c1-2-3-4-5-6-7-8-9-10-11-12-13-14-15-16-17-18-19-29-23-21-30-25(24(23)28)22(27)20-26/h9-10,22-28H,2-8,11-21H2,1H3/b10-9+/t22-,23+,24-,25-/m1/s1. The summed E-state index contributed by atoms with van der Waals surface area (Å²) in [5, 5.41) is 28.6. The molecule has 1 rings (SSSR count). The summed E-state index contributed by atoms with van der Waals surface area (Å²) in [7, 11) is 0. The van der Waals surface area contributed by atoms with E-state index < -0.39 is 31.0 Å². The first-order valence-electron chi connectivity index (χ1n) is 12.6. The molecule has 0 aromatic rings. The van der Waals surface area contributed by atoms with E-state index in [9.17, 15) is 10.2 Å². The van der Waals surface area contributed by atoms with E-state index in [1.165, 1.54) is 83.5 Å². The fourth-order valence-corrected chi connectivity index (χ4v) is 3.97. The molecule has 0 aliphatic carbocycles. The number of unbranched alkanes of at least 4 members (excludes halogenated alkanes) is 13. The molecular weight excluding hydrogens is 380 g/mol. The molecule has 0 saturated carbocycles. The van der Waals surface area contributed by atoms with Crippen molar-refractivity contribution in [2.24, 2.45) is 0 Å². The summed E-state index contributed by atoms with van der Waals surface area (Å²) < 4.78 is 11.0. The van der Waals surface area contributed by atoms with E-state index >= 15 is 0 Å². The predicted octanol–water partition coefficient (Wildman–Crippen LogP) is 4.91. The Morgan fingerprint density at radius 1 is 0.867 bits per heavy atom. The third-order valence-corrected chi connectivity index (χ3v) is 5.97. The highest BCUT2D eigenvalue weighted by Crippen LogP contribution is 2.20. The van der Waals surface area contributed by atoms with Crippen molar-refractivity contribution >= 4 is 0 Å². The highest BCUT2D eigenvalue weighted by Gasteiger charge is 2.40. The monoisotopic (exact) mass is 428 g/mol. The predicted molar refractivity (Wildman–Crippen MR) is 123 cm³/mol. The Morgan fingerprint density at radius 2 is 1.40 bits per heavy atom. The first kappa shape index (κ1) is 27.6. The lowest BCUT2D eigenvalue weighted by molar-refractivity contribution is -0.0730. The van der Waals surface area contributed by atoms with E-state index in [4.69, 9.17) is 14.6 Å². The normalized spacial score (nSPS) is 22.9. The molecule has 1 heterocycles. The molecule has 1 fully saturated rings. The van der Waals surface area contributed by atoms with Crippen molar-refractivity contribution < 1.29 is 24.8 Å². The minimum absolute atomic E-state index is 0.274. The van der Waals surface area contributed by atoms with Gasteiger partial charge in [-0.05, 0) is 32.1 Å². The molecule has 30 heavy (non-hydrogen) atoms. The highest BCUT2D eigenvalue weighted by molar-refractivity contribution is 4.88. The fourth-order valence-electron chi connectivity index (χ4n) is 3.97. The second-order valence-corrected chi connectivity index (χ2v) is 8.74. The summed E-state index contributed by atoms with van der Waals surface area (Å²) in [6.07, 6.45) is 21.0. The second kappa shape index (κ2) is 19.2. The van der Waals surface area contributed by atoms with Crippen molar-refractivity contribution in [2.75, 3.05) is 19.8 Å². The van der Waals surface area contributed by atoms with Crippen molar-refractivity contribution in [3.05, 3.63) is 12.2 Å².